The number of thiazole rings is 1. The van der Waals surface area contributed by atoms with E-state index < -0.39 is 11.9 Å². The first-order chi connectivity index (χ1) is 9.97. The molecular weight excluding hydrogens is 303 g/mol. The largest absolute Gasteiger partial charge is 0.435 e. The Morgan fingerprint density at radius 1 is 1.38 bits per heavy atom. The summed E-state index contributed by atoms with van der Waals surface area (Å²) in [7, 11) is 0. The molecule has 4 nitrogen and oxygen atoms in total. The summed E-state index contributed by atoms with van der Waals surface area (Å²) in [4.78, 5) is 4.44. The van der Waals surface area contributed by atoms with Gasteiger partial charge in [-0.2, -0.15) is 18.3 Å². The van der Waals surface area contributed by atoms with Crippen LogP contribution in [0.4, 0.5) is 13.2 Å². The van der Waals surface area contributed by atoms with Crippen LogP contribution in [-0.2, 0) is 19.1 Å². The van der Waals surface area contributed by atoms with Gasteiger partial charge in [0, 0.05) is 29.7 Å². The highest BCUT2D eigenvalue weighted by atomic mass is 32.1. The van der Waals surface area contributed by atoms with Crippen molar-refractivity contribution >= 4 is 11.3 Å². The van der Waals surface area contributed by atoms with E-state index in [1.807, 2.05) is 5.38 Å². The van der Waals surface area contributed by atoms with E-state index in [0.29, 0.717) is 5.92 Å². The van der Waals surface area contributed by atoms with Crippen LogP contribution in [0, 0.1) is 0 Å². The molecule has 0 atom stereocenters. The first-order valence-electron chi connectivity index (χ1n) is 6.66. The minimum absolute atomic E-state index is 0.0163. The number of rotatable bonds is 5. The van der Waals surface area contributed by atoms with Crippen molar-refractivity contribution in [2.75, 3.05) is 6.61 Å². The van der Waals surface area contributed by atoms with E-state index in [4.69, 9.17) is 5.11 Å². The van der Waals surface area contributed by atoms with Crippen molar-refractivity contribution in [3.05, 3.63) is 33.5 Å². The third-order valence-electron chi connectivity index (χ3n) is 3.31. The molecule has 0 saturated heterocycles. The van der Waals surface area contributed by atoms with E-state index in [9.17, 15) is 13.2 Å². The zero-order valence-corrected chi connectivity index (χ0v) is 11.9. The van der Waals surface area contributed by atoms with Gasteiger partial charge in [-0.3, -0.25) is 4.68 Å². The number of hydrogen-bond acceptors (Lipinski definition) is 4. The molecule has 1 aliphatic carbocycles. The zero-order valence-electron chi connectivity index (χ0n) is 11.1. The fraction of sp³-hybridized carbons (Fsp3) is 0.538. The van der Waals surface area contributed by atoms with E-state index in [-0.39, 0.29) is 25.1 Å². The van der Waals surface area contributed by atoms with E-state index in [1.54, 1.807) is 11.3 Å². The van der Waals surface area contributed by atoms with Crippen molar-refractivity contribution in [1.29, 1.82) is 0 Å². The Bertz CT molecular complexity index is 631. The smallest absolute Gasteiger partial charge is 0.396 e. The lowest BCUT2D eigenvalue weighted by atomic mass is 10.2. The van der Waals surface area contributed by atoms with Gasteiger partial charge in [0.15, 0.2) is 5.69 Å². The summed E-state index contributed by atoms with van der Waals surface area (Å²) in [6, 6.07) is 0. The van der Waals surface area contributed by atoms with Gasteiger partial charge in [0.2, 0.25) is 0 Å². The predicted octanol–water partition coefficient (Wildman–Crippen LogP) is 2.82. The molecule has 0 bridgehead atoms. The highest BCUT2D eigenvalue weighted by molar-refractivity contribution is 7.09. The van der Waals surface area contributed by atoms with Gasteiger partial charge >= 0.3 is 6.18 Å². The molecule has 2 aromatic heterocycles. The first-order valence-corrected chi connectivity index (χ1v) is 7.54. The lowest BCUT2D eigenvalue weighted by Gasteiger charge is -2.04. The number of nitrogens with zero attached hydrogens (tertiary/aromatic N) is 3. The van der Waals surface area contributed by atoms with Gasteiger partial charge in [0.25, 0.3) is 0 Å². The lowest BCUT2D eigenvalue weighted by Crippen LogP contribution is -2.11. The fourth-order valence-corrected chi connectivity index (χ4v) is 3.15. The normalized spacial score (nSPS) is 15.6. The second kappa shape index (κ2) is 5.42. The summed E-state index contributed by atoms with van der Waals surface area (Å²) in [5.74, 6) is 0.539. The number of halogens is 3. The van der Waals surface area contributed by atoms with Crippen LogP contribution in [0.5, 0.6) is 0 Å². The van der Waals surface area contributed by atoms with E-state index in [1.165, 1.54) is 10.9 Å². The van der Waals surface area contributed by atoms with Crippen LogP contribution in [0.25, 0.3) is 0 Å². The molecule has 2 aromatic rings. The maximum absolute atomic E-state index is 12.9. The Hall–Kier alpha value is -1.41. The molecule has 2 heterocycles. The Balaban J connectivity index is 1.80. The summed E-state index contributed by atoms with van der Waals surface area (Å²) in [5, 5.41) is 15.4. The third-order valence-corrected chi connectivity index (χ3v) is 4.36. The molecule has 0 aliphatic heterocycles. The monoisotopic (exact) mass is 317 g/mol. The highest BCUT2D eigenvalue weighted by Gasteiger charge is 2.37. The number of aliphatic hydroxyl groups excluding tert-OH is 1. The van der Waals surface area contributed by atoms with Crippen molar-refractivity contribution in [3.63, 3.8) is 0 Å². The molecule has 0 amide bonds. The Labute approximate surface area is 123 Å². The van der Waals surface area contributed by atoms with Gasteiger partial charge < -0.3 is 5.11 Å². The van der Waals surface area contributed by atoms with Crippen LogP contribution in [0.15, 0.2) is 11.6 Å². The summed E-state index contributed by atoms with van der Waals surface area (Å²) in [6.07, 6.45) is -0.924. The Kier molecular flexibility index (Phi) is 3.75. The van der Waals surface area contributed by atoms with Crippen LogP contribution in [-0.4, -0.2) is 26.5 Å². The predicted molar refractivity (Wildman–Crippen MR) is 71.2 cm³/mol. The molecule has 0 aromatic carbocycles. The summed E-state index contributed by atoms with van der Waals surface area (Å²) >= 11 is 1.55. The molecule has 1 fully saturated rings. The standard InChI is InChI=1S/C13H14F3N3OS/c14-13(15,16)11-9(3-4-20)5-19(18-11)6-10-7-21-12(17-10)8-1-2-8/h5,7-8,20H,1-4,6H2. The van der Waals surface area contributed by atoms with Crippen molar-refractivity contribution < 1.29 is 18.3 Å². The molecule has 0 spiro atoms. The van der Waals surface area contributed by atoms with Crippen molar-refractivity contribution in [2.24, 2.45) is 0 Å². The van der Waals surface area contributed by atoms with Crippen LogP contribution in [0.3, 0.4) is 0 Å². The van der Waals surface area contributed by atoms with E-state index in [2.05, 4.69) is 10.1 Å². The number of aromatic nitrogens is 3. The first kappa shape index (κ1) is 14.5. The van der Waals surface area contributed by atoms with Crippen LogP contribution >= 0.6 is 11.3 Å². The number of alkyl halides is 3. The quantitative estimate of drug-likeness (QED) is 0.922. The molecule has 0 unspecified atom stereocenters. The van der Waals surface area contributed by atoms with Crippen molar-refractivity contribution in [2.45, 2.75) is 37.9 Å². The minimum Gasteiger partial charge on any atom is -0.396 e. The van der Waals surface area contributed by atoms with Crippen molar-refractivity contribution in [3.8, 4) is 0 Å². The minimum atomic E-state index is -4.50. The average molecular weight is 317 g/mol. The van der Waals surface area contributed by atoms with Crippen LogP contribution < -0.4 is 0 Å². The van der Waals surface area contributed by atoms with E-state index >= 15 is 0 Å². The number of aliphatic hydroxyl groups is 1. The fourth-order valence-electron chi connectivity index (χ4n) is 2.16. The molecular formula is C13H14F3N3OS. The van der Waals surface area contributed by atoms with Gasteiger partial charge in [-0.15, -0.1) is 11.3 Å². The Morgan fingerprint density at radius 2 is 2.14 bits per heavy atom. The molecule has 1 aliphatic rings. The maximum Gasteiger partial charge on any atom is 0.435 e. The molecule has 3 rings (SSSR count). The Morgan fingerprint density at radius 3 is 2.76 bits per heavy atom. The van der Waals surface area contributed by atoms with Gasteiger partial charge in [-0.1, -0.05) is 0 Å². The second-order valence-electron chi connectivity index (χ2n) is 5.12. The zero-order chi connectivity index (χ0) is 15.0. The average Bonchev–Trinajstić information content (AvgIpc) is 3.01. The van der Waals surface area contributed by atoms with Gasteiger partial charge in [0.05, 0.1) is 17.2 Å². The summed E-state index contributed by atoms with van der Waals surface area (Å²) in [5.41, 5.74) is -0.175. The molecule has 1 saturated carbocycles. The van der Waals surface area contributed by atoms with Crippen LogP contribution in [0.1, 0.15) is 40.7 Å². The lowest BCUT2D eigenvalue weighted by molar-refractivity contribution is -0.142. The number of hydrogen-bond donors (Lipinski definition) is 1. The topological polar surface area (TPSA) is 50.9 Å². The maximum atomic E-state index is 12.9. The molecule has 114 valence electrons. The summed E-state index contributed by atoms with van der Waals surface area (Å²) < 4.78 is 39.9. The second-order valence-corrected chi connectivity index (χ2v) is 6.01. The molecule has 0 radical (unpaired) electrons. The third kappa shape index (κ3) is 3.26. The van der Waals surface area contributed by atoms with Crippen LogP contribution in [0.2, 0.25) is 0 Å². The molecule has 21 heavy (non-hydrogen) atoms. The van der Waals surface area contributed by atoms with Gasteiger partial charge in [-0.25, -0.2) is 4.98 Å². The SMILES string of the molecule is OCCc1cn(Cc2csc(C3CC3)n2)nc1C(F)(F)F. The summed E-state index contributed by atoms with van der Waals surface area (Å²) in [6.45, 7) is -0.116. The molecule has 1 N–H and O–H groups in total. The molecule has 8 heteroatoms. The van der Waals surface area contributed by atoms with E-state index in [0.717, 1.165) is 23.5 Å². The van der Waals surface area contributed by atoms with Gasteiger partial charge in [-0.05, 0) is 19.3 Å². The highest BCUT2D eigenvalue weighted by Crippen LogP contribution is 2.41. The van der Waals surface area contributed by atoms with Gasteiger partial charge in [0.1, 0.15) is 0 Å². The van der Waals surface area contributed by atoms with Crippen molar-refractivity contribution in [1.82, 2.24) is 14.8 Å².